The molecule has 1 rings (SSSR count). The molecule has 17 heavy (non-hydrogen) atoms. The van der Waals surface area contributed by atoms with Crippen LogP contribution in [0.5, 0.6) is 0 Å². The van der Waals surface area contributed by atoms with Crippen molar-refractivity contribution in [3.8, 4) is 0 Å². The van der Waals surface area contributed by atoms with Gasteiger partial charge >= 0.3 is 0 Å². The van der Waals surface area contributed by atoms with Gasteiger partial charge in [0.05, 0.1) is 6.33 Å². The van der Waals surface area contributed by atoms with Crippen LogP contribution in [0.3, 0.4) is 0 Å². The molecule has 0 unspecified atom stereocenters. The molecular weight excluding hydrogens is 240 g/mol. The number of likely N-dealkylation sites (N-methyl/N-ethyl adjacent to an activating group) is 1. The second-order valence-corrected chi connectivity index (χ2v) is 5.35. The van der Waals surface area contributed by atoms with E-state index in [0.717, 1.165) is 13.1 Å². The summed E-state index contributed by atoms with van der Waals surface area (Å²) in [7, 11) is 1.86. The second-order valence-electron chi connectivity index (χ2n) is 4.97. The van der Waals surface area contributed by atoms with Crippen LogP contribution < -0.4 is 15.8 Å². The van der Waals surface area contributed by atoms with Crippen LogP contribution in [0.25, 0.3) is 0 Å². The minimum atomic E-state index is -0.313. The number of aromatic amines is 1. The summed E-state index contributed by atoms with van der Waals surface area (Å²) in [5.74, 6) is 0.506. The van der Waals surface area contributed by atoms with Crippen LogP contribution in [0.4, 0.5) is 5.82 Å². The van der Waals surface area contributed by atoms with Crippen molar-refractivity contribution >= 4 is 17.4 Å². The molecule has 96 valence electrons. The summed E-state index contributed by atoms with van der Waals surface area (Å²) in [6.45, 7) is 7.83. The Kier molecular flexibility index (Phi) is 4.54. The van der Waals surface area contributed by atoms with Gasteiger partial charge in [0.15, 0.2) is 5.82 Å². The molecule has 0 saturated heterocycles. The van der Waals surface area contributed by atoms with Gasteiger partial charge in [-0.1, -0.05) is 11.6 Å². The minimum absolute atomic E-state index is 0.0756. The molecular formula is C11H19ClN4O. The summed E-state index contributed by atoms with van der Waals surface area (Å²) >= 11 is 5.89. The summed E-state index contributed by atoms with van der Waals surface area (Å²) in [5.41, 5.74) is -0.237. The SMILES string of the molecule is CN(CCNC(C)(C)C)c1nc[nH]c(=O)c1Cl. The number of halogens is 1. The number of H-pyrrole nitrogens is 1. The lowest BCUT2D eigenvalue weighted by atomic mass is 10.1. The zero-order chi connectivity index (χ0) is 13.1. The van der Waals surface area contributed by atoms with E-state index in [1.165, 1.54) is 6.33 Å². The Labute approximate surface area is 106 Å². The maximum Gasteiger partial charge on any atom is 0.271 e. The highest BCUT2D eigenvalue weighted by Gasteiger charge is 2.12. The van der Waals surface area contributed by atoms with Crippen LogP contribution in [-0.4, -0.2) is 35.6 Å². The maximum absolute atomic E-state index is 11.3. The predicted octanol–water partition coefficient (Wildman–Crippen LogP) is 1.25. The highest BCUT2D eigenvalue weighted by molar-refractivity contribution is 6.32. The van der Waals surface area contributed by atoms with Crippen molar-refractivity contribution in [2.24, 2.45) is 0 Å². The molecule has 1 aromatic rings. The number of hydrogen-bond acceptors (Lipinski definition) is 4. The molecule has 6 heteroatoms. The molecule has 0 aromatic carbocycles. The fraction of sp³-hybridized carbons (Fsp3) is 0.636. The molecule has 0 radical (unpaired) electrons. The summed E-state index contributed by atoms with van der Waals surface area (Å²) < 4.78 is 0. The third-order valence-corrected chi connectivity index (χ3v) is 2.58. The van der Waals surface area contributed by atoms with Gasteiger partial charge in [-0.15, -0.1) is 0 Å². The summed E-state index contributed by atoms with van der Waals surface area (Å²) in [5, 5.41) is 3.49. The molecule has 0 spiro atoms. The first-order chi connectivity index (χ1) is 7.81. The van der Waals surface area contributed by atoms with E-state index < -0.39 is 0 Å². The first kappa shape index (κ1) is 14.0. The minimum Gasteiger partial charge on any atom is -0.357 e. The van der Waals surface area contributed by atoms with Crippen molar-refractivity contribution in [1.82, 2.24) is 15.3 Å². The van der Waals surface area contributed by atoms with E-state index in [2.05, 4.69) is 36.1 Å². The average Bonchev–Trinajstić information content (AvgIpc) is 2.20. The summed E-state index contributed by atoms with van der Waals surface area (Å²) in [6.07, 6.45) is 1.36. The van der Waals surface area contributed by atoms with Crippen LogP contribution >= 0.6 is 11.6 Å². The van der Waals surface area contributed by atoms with E-state index in [-0.39, 0.29) is 16.1 Å². The predicted molar refractivity (Wildman–Crippen MR) is 70.9 cm³/mol. The van der Waals surface area contributed by atoms with Crippen molar-refractivity contribution in [2.45, 2.75) is 26.3 Å². The van der Waals surface area contributed by atoms with Crippen LogP contribution in [-0.2, 0) is 0 Å². The Balaban J connectivity index is 2.62. The first-order valence-electron chi connectivity index (χ1n) is 5.50. The van der Waals surface area contributed by atoms with Crippen LogP contribution in [0.15, 0.2) is 11.1 Å². The first-order valence-corrected chi connectivity index (χ1v) is 5.88. The normalized spacial score (nSPS) is 11.6. The van der Waals surface area contributed by atoms with Crippen molar-refractivity contribution in [2.75, 3.05) is 25.0 Å². The van der Waals surface area contributed by atoms with Crippen molar-refractivity contribution < 1.29 is 0 Å². The van der Waals surface area contributed by atoms with Gasteiger partial charge in [0.1, 0.15) is 5.02 Å². The Bertz CT molecular complexity index is 424. The van der Waals surface area contributed by atoms with Crippen LogP contribution in [0.1, 0.15) is 20.8 Å². The molecule has 0 aliphatic rings. The maximum atomic E-state index is 11.3. The third kappa shape index (κ3) is 4.36. The van der Waals surface area contributed by atoms with Gasteiger partial charge in [-0.05, 0) is 20.8 Å². The van der Waals surface area contributed by atoms with Crippen molar-refractivity contribution in [1.29, 1.82) is 0 Å². The zero-order valence-corrected chi connectivity index (χ0v) is 11.4. The second kappa shape index (κ2) is 5.51. The molecule has 0 amide bonds. The third-order valence-electron chi connectivity index (χ3n) is 2.24. The number of aromatic nitrogens is 2. The van der Waals surface area contributed by atoms with Crippen molar-refractivity contribution in [3.63, 3.8) is 0 Å². The average molecular weight is 259 g/mol. The number of nitrogens with one attached hydrogen (secondary N) is 2. The topological polar surface area (TPSA) is 61.0 Å². The number of rotatable bonds is 4. The van der Waals surface area contributed by atoms with Gasteiger partial charge in [-0.2, -0.15) is 0 Å². The highest BCUT2D eigenvalue weighted by atomic mass is 35.5. The Morgan fingerprint density at radius 3 is 2.76 bits per heavy atom. The molecule has 0 atom stereocenters. The summed E-state index contributed by atoms with van der Waals surface area (Å²) in [6, 6.07) is 0. The Morgan fingerprint density at radius 1 is 1.53 bits per heavy atom. The fourth-order valence-corrected chi connectivity index (χ4v) is 1.59. The molecule has 0 aliphatic carbocycles. The molecule has 5 nitrogen and oxygen atoms in total. The largest absolute Gasteiger partial charge is 0.357 e. The number of hydrogen-bond donors (Lipinski definition) is 2. The summed E-state index contributed by atoms with van der Waals surface area (Å²) in [4.78, 5) is 19.7. The van der Waals surface area contributed by atoms with Crippen LogP contribution in [0, 0.1) is 0 Å². The number of nitrogens with zero attached hydrogens (tertiary/aromatic N) is 2. The van der Waals surface area contributed by atoms with E-state index >= 15 is 0 Å². The van der Waals surface area contributed by atoms with E-state index in [1.54, 1.807) is 0 Å². The van der Waals surface area contributed by atoms with Crippen molar-refractivity contribution in [3.05, 3.63) is 21.7 Å². The lowest BCUT2D eigenvalue weighted by molar-refractivity contribution is 0.430. The van der Waals surface area contributed by atoms with E-state index in [1.807, 2.05) is 11.9 Å². The van der Waals surface area contributed by atoms with E-state index in [4.69, 9.17) is 11.6 Å². The molecule has 0 aliphatic heterocycles. The number of anilines is 1. The molecule has 0 bridgehead atoms. The van der Waals surface area contributed by atoms with Gasteiger partial charge in [-0.3, -0.25) is 4.79 Å². The Morgan fingerprint density at radius 2 is 2.18 bits per heavy atom. The molecule has 0 fully saturated rings. The van der Waals surface area contributed by atoms with Gasteiger partial charge in [0, 0.05) is 25.7 Å². The molecule has 0 saturated carbocycles. The van der Waals surface area contributed by atoms with Gasteiger partial charge in [-0.25, -0.2) is 4.98 Å². The lowest BCUT2D eigenvalue weighted by Crippen LogP contribution is -2.41. The lowest BCUT2D eigenvalue weighted by Gasteiger charge is -2.24. The monoisotopic (exact) mass is 258 g/mol. The van der Waals surface area contributed by atoms with E-state index in [9.17, 15) is 4.79 Å². The van der Waals surface area contributed by atoms with Crippen LogP contribution in [0.2, 0.25) is 5.02 Å². The molecule has 2 N–H and O–H groups in total. The highest BCUT2D eigenvalue weighted by Crippen LogP contribution is 2.15. The quantitative estimate of drug-likeness (QED) is 0.853. The van der Waals surface area contributed by atoms with Gasteiger partial charge in [0.25, 0.3) is 5.56 Å². The molecule has 1 heterocycles. The van der Waals surface area contributed by atoms with E-state index in [0.29, 0.717) is 5.82 Å². The smallest absolute Gasteiger partial charge is 0.271 e. The fourth-order valence-electron chi connectivity index (χ4n) is 1.34. The van der Waals surface area contributed by atoms with Gasteiger partial charge < -0.3 is 15.2 Å². The van der Waals surface area contributed by atoms with Gasteiger partial charge in [0.2, 0.25) is 0 Å². The zero-order valence-electron chi connectivity index (χ0n) is 10.7. The Hall–Kier alpha value is -1.07. The molecule has 1 aromatic heterocycles. The standard InChI is InChI=1S/C11H19ClN4O/c1-11(2,3)15-5-6-16(4)9-8(12)10(17)14-7-13-9/h7,15H,5-6H2,1-4H3,(H,13,14,17).